The van der Waals surface area contributed by atoms with Crippen LogP contribution in [0.1, 0.15) is 117 Å². The summed E-state index contributed by atoms with van der Waals surface area (Å²) in [6.45, 7) is 9.45. The third kappa shape index (κ3) is 2.90. The Morgan fingerprint density at radius 1 is 0.821 bits per heavy atom. The highest BCUT2D eigenvalue weighted by atomic mass is 14.7. The van der Waals surface area contributed by atoms with Gasteiger partial charge in [-0.2, -0.15) is 0 Å². The number of hydrogen-bond acceptors (Lipinski definition) is 0. The average molecular weight is 383 g/mol. The molecule has 0 radical (unpaired) electrons. The normalized spacial score (nSPS) is 49.4. The summed E-state index contributed by atoms with van der Waals surface area (Å²) in [6.07, 6.45) is 26.5. The van der Waals surface area contributed by atoms with Gasteiger partial charge in [0.2, 0.25) is 0 Å². The van der Waals surface area contributed by atoms with Crippen LogP contribution in [0.4, 0.5) is 0 Å². The van der Waals surface area contributed by atoms with Crippen molar-refractivity contribution in [3.8, 4) is 0 Å². The van der Waals surface area contributed by atoms with Gasteiger partial charge in [-0.1, -0.05) is 32.8 Å². The number of hydrogen-bond donors (Lipinski definition) is 0. The molecule has 0 bridgehead atoms. The van der Waals surface area contributed by atoms with E-state index < -0.39 is 0 Å². The zero-order valence-corrected chi connectivity index (χ0v) is 19.0. The quantitative estimate of drug-likeness (QED) is 0.337. The predicted octanol–water partition coefficient (Wildman–Crippen LogP) is 8.56. The summed E-state index contributed by atoms with van der Waals surface area (Å²) in [4.78, 5) is 0. The molecule has 0 saturated heterocycles. The molecular weight excluding hydrogens is 336 g/mol. The molecule has 5 fully saturated rings. The van der Waals surface area contributed by atoms with Crippen molar-refractivity contribution in [1.82, 2.24) is 0 Å². The second-order valence-corrected chi connectivity index (χ2v) is 12.6. The van der Waals surface area contributed by atoms with Crippen LogP contribution < -0.4 is 0 Å². The van der Waals surface area contributed by atoms with E-state index in [2.05, 4.69) is 26.5 Å². The van der Waals surface area contributed by atoms with Crippen LogP contribution in [0.15, 0.2) is 12.7 Å². The van der Waals surface area contributed by atoms with Gasteiger partial charge in [-0.05, 0) is 136 Å². The summed E-state index contributed by atoms with van der Waals surface area (Å²) in [5.41, 5.74) is 2.16. The SMILES string of the molecule is C=CCCCC1CCC2C3CCC4CC5(CCCC5)CCC4(C)C3CCC12C. The Balaban J connectivity index is 1.32. The van der Waals surface area contributed by atoms with E-state index in [-0.39, 0.29) is 0 Å². The van der Waals surface area contributed by atoms with Crippen LogP contribution in [0, 0.1) is 45.8 Å². The van der Waals surface area contributed by atoms with Crippen LogP contribution in [0.5, 0.6) is 0 Å². The van der Waals surface area contributed by atoms with Gasteiger partial charge in [0.15, 0.2) is 0 Å². The summed E-state index contributed by atoms with van der Waals surface area (Å²) in [7, 11) is 0. The molecule has 0 aromatic carbocycles. The molecule has 0 heteroatoms. The van der Waals surface area contributed by atoms with Gasteiger partial charge in [0, 0.05) is 0 Å². The lowest BCUT2D eigenvalue weighted by Crippen LogP contribution is -2.54. The molecule has 0 heterocycles. The van der Waals surface area contributed by atoms with Crippen molar-refractivity contribution in [3.63, 3.8) is 0 Å². The first kappa shape index (κ1) is 19.7. The fourth-order valence-electron chi connectivity index (χ4n) is 10.1. The van der Waals surface area contributed by atoms with E-state index in [9.17, 15) is 0 Å². The topological polar surface area (TPSA) is 0 Å². The van der Waals surface area contributed by atoms with Crippen molar-refractivity contribution in [2.24, 2.45) is 45.8 Å². The van der Waals surface area contributed by atoms with E-state index >= 15 is 0 Å². The minimum atomic E-state index is 0.673. The monoisotopic (exact) mass is 382 g/mol. The maximum absolute atomic E-state index is 3.95. The van der Waals surface area contributed by atoms with Gasteiger partial charge in [-0.3, -0.25) is 0 Å². The average Bonchev–Trinajstić information content (AvgIpc) is 3.27. The standard InChI is InChI=1S/C28H46/c1-4-5-6-9-21-11-13-24-23-12-10-22-20-28(15-7-8-16-28)19-18-27(22,3)25(23)14-17-26(21,24)2/h4,21-25H,1,5-20H2,2-3H3. The Morgan fingerprint density at radius 3 is 2.39 bits per heavy atom. The Hall–Kier alpha value is -0.260. The Morgan fingerprint density at radius 2 is 1.61 bits per heavy atom. The number of fused-ring (bicyclic) bond motifs is 5. The van der Waals surface area contributed by atoms with Gasteiger partial charge < -0.3 is 0 Å². The van der Waals surface area contributed by atoms with Gasteiger partial charge in [0.1, 0.15) is 0 Å². The largest absolute Gasteiger partial charge is 0.103 e. The van der Waals surface area contributed by atoms with Gasteiger partial charge in [0.25, 0.3) is 0 Å². The molecule has 0 N–H and O–H groups in total. The minimum absolute atomic E-state index is 0.673. The first-order valence-corrected chi connectivity index (χ1v) is 13.1. The lowest BCUT2D eigenvalue weighted by atomic mass is 9.43. The lowest BCUT2D eigenvalue weighted by Gasteiger charge is -2.62. The molecular formula is C28H46. The maximum Gasteiger partial charge on any atom is -0.0266 e. The number of rotatable bonds is 4. The second kappa shape index (κ2) is 7.16. The summed E-state index contributed by atoms with van der Waals surface area (Å²) in [5, 5.41) is 0. The van der Waals surface area contributed by atoms with Crippen molar-refractivity contribution >= 4 is 0 Å². The van der Waals surface area contributed by atoms with Crippen LogP contribution in [0.3, 0.4) is 0 Å². The molecule has 5 saturated carbocycles. The highest BCUT2D eigenvalue weighted by Gasteiger charge is 2.61. The van der Waals surface area contributed by atoms with Gasteiger partial charge in [-0.15, -0.1) is 6.58 Å². The van der Waals surface area contributed by atoms with E-state index in [1.165, 1.54) is 38.5 Å². The third-order valence-electron chi connectivity index (χ3n) is 11.8. The summed E-state index contributed by atoms with van der Waals surface area (Å²) >= 11 is 0. The molecule has 0 aliphatic heterocycles. The van der Waals surface area contributed by atoms with E-state index in [0.29, 0.717) is 10.8 Å². The summed E-state index contributed by atoms with van der Waals surface area (Å²) in [6, 6.07) is 0. The molecule has 5 aliphatic carbocycles. The molecule has 0 nitrogen and oxygen atoms in total. The molecule has 5 rings (SSSR count). The Labute approximate surface area is 175 Å². The molecule has 7 atom stereocenters. The predicted molar refractivity (Wildman–Crippen MR) is 120 cm³/mol. The van der Waals surface area contributed by atoms with Crippen LogP contribution in [0.25, 0.3) is 0 Å². The molecule has 0 aromatic rings. The Bertz CT molecular complexity index is 583. The third-order valence-corrected chi connectivity index (χ3v) is 11.8. The van der Waals surface area contributed by atoms with Crippen LogP contribution in [-0.4, -0.2) is 0 Å². The fourth-order valence-corrected chi connectivity index (χ4v) is 10.1. The van der Waals surface area contributed by atoms with Crippen molar-refractivity contribution in [3.05, 3.63) is 12.7 Å². The maximum atomic E-state index is 3.95. The molecule has 0 amide bonds. The van der Waals surface area contributed by atoms with Gasteiger partial charge >= 0.3 is 0 Å². The van der Waals surface area contributed by atoms with Gasteiger partial charge in [0.05, 0.1) is 0 Å². The number of allylic oxidation sites excluding steroid dienone is 1. The second-order valence-electron chi connectivity index (χ2n) is 12.6. The smallest absolute Gasteiger partial charge is 0.0266 e. The van der Waals surface area contributed by atoms with Crippen molar-refractivity contribution in [1.29, 1.82) is 0 Å². The molecule has 5 aliphatic rings. The van der Waals surface area contributed by atoms with Crippen LogP contribution >= 0.6 is 0 Å². The summed E-state index contributed by atoms with van der Waals surface area (Å²) < 4.78 is 0. The van der Waals surface area contributed by atoms with Crippen LogP contribution in [0.2, 0.25) is 0 Å². The van der Waals surface area contributed by atoms with E-state index in [4.69, 9.17) is 0 Å². The van der Waals surface area contributed by atoms with Crippen LogP contribution in [-0.2, 0) is 0 Å². The Kier molecular flexibility index (Phi) is 5.04. The van der Waals surface area contributed by atoms with Crippen molar-refractivity contribution in [2.75, 3.05) is 0 Å². The zero-order chi connectivity index (χ0) is 19.4. The molecule has 1 spiro atoms. The lowest BCUT2D eigenvalue weighted by molar-refractivity contribution is -0.130. The van der Waals surface area contributed by atoms with E-state index in [1.54, 1.807) is 64.2 Å². The number of unbranched alkanes of at least 4 members (excludes halogenated alkanes) is 1. The molecule has 0 aromatic heterocycles. The molecule has 7 unspecified atom stereocenters. The minimum Gasteiger partial charge on any atom is -0.103 e. The van der Waals surface area contributed by atoms with E-state index in [1.807, 2.05) is 0 Å². The first-order chi connectivity index (χ1) is 13.5. The molecule has 28 heavy (non-hydrogen) atoms. The van der Waals surface area contributed by atoms with Crippen molar-refractivity contribution < 1.29 is 0 Å². The zero-order valence-electron chi connectivity index (χ0n) is 19.0. The van der Waals surface area contributed by atoms with E-state index in [0.717, 1.165) is 35.0 Å². The van der Waals surface area contributed by atoms with Gasteiger partial charge in [-0.25, -0.2) is 0 Å². The highest BCUT2D eigenvalue weighted by molar-refractivity contribution is 5.10. The first-order valence-electron chi connectivity index (χ1n) is 13.1. The van der Waals surface area contributed by atoms with Crippen molar-refractivity contribution in [2.45, 2.75) is 117 Å². The summed E-state index contributed by atoms with van der Waals surface area (Å²) in [5.74, 6) is 5.27. The fraction of sp³-hybridized carbons (Fsp3) is 0.929. The highest BCUT2D eigenvalue weighted by Crippen LogP contribution is 2.70. The molecule has 158 valence electrons.